The number of aryl methyl sites for hydroxylation is 1. The molecule has 0 radical (unpaired) electrons. The smallest absolute Gasteiger partial charge is 0.269 e. The van der Waals surface area contributed by atoms with Crippen LogP contribution in [-0.4, -0.2) is 10.1 Å². The summed E-state index contributed by atoms with van der Waals surface area (Å²) < 4.78 is 5.16. The van der Waals surface area contributed by atoms with Crippen molar-refractivity contribution in [3.63, 3.8) is 0 Å². The highest BCUT2D eigenvalue weighted by molar-refractivity contribution is 5.62. The summed E-state index contributed by atoms with van der Waals surface area (Å²) >= 11 is 0. The van der Waals surface area contributed by atoms with Gasteiger partial charge in [0.1, 0.15) is 0 Å². The average molecular weight is 218 g/mol. The van der Waals surface area contributed by atoms with Crippen LogP contribution in [0.1, 0.15) is 11.3 Å². The maximum absolute atomic E-state index is 10.5. The Bertz CT molecular complexity index is 529. The SMILES string of the molecule is Cc1noc(-c2ccc([N+](=O)[O-])cc2)c1C. The Morgan fingerprint density at radius 2 is 1.88 bits per heavy atom. The summed E-state index contributed by atoms with van der Waals surface area (Å²) in [7, 11) is 0. The molecule has 0 aliphatic rings. The molecule has 0 fully saturated rings. The van der Waals surface area contributed by atoms with E-state index in [0.29, 0.717) is 5.76 Å². The first-order valence-corrected chi connectivity index (χ1v) is 4.77. The molecule has 1 aromatic carbocycles. The van der Waals surface area contributed by atoms with E-state index >= 15 is 0 Å². The maximum Gasteiger partial charge on any atom is 0.269 e. The number of aromatic nitrogens is 1. The van der Waals surface area contributed by atoms with Crippen molar-refractivity contribution in [2.45, 2.75) is 13.8 Å². The molecule has 0 saturated heterocycles. The molecule has 1 heterocycles. The van der Waals surface area contributed by atoms with Gasteiger partial charge in [0, 0.05) is 23.3 Å². The Morgan fingerprint density at radius 1 is 1.25 bits per heavy atom. The van der Waals surface area contributed by atoms with E-state index in [2.05, 4.69) is 5.16 Å². The molecule has 0 aliphatic carbocycles. The number of nitrogens with zero attached hydrogens (tertiary/aromatic N) is 2. The summed E-state index contributed by atoms with van der Waals surface area (Å²) in [6, 6.07) is 6.22. The van der Waals surface area contributed by atoms with Gasteiger partial charge in [0.05, 0.1) is 10.6 Å². The minimum atomic E-state index is -0.428. The molecule has 0 spiro atoms. The molecule has 82 valence electrons. The van der Waals surface area contributed by atoms with E-state index in [1.807, 2.05) is 13.8 Å². The topological polar surface area (TPSA) is 69.2 Å². The van der Waals surface area contributed by atoms with Gasteiger partial charge in [-0.2, -0.15) is 0 Å². The van der Waals surface area contributed by atoms with E-state index < -0.39 is 4.92 Å². The molecule has 5 heteroatoms. The number of nitro benzene ring substituents is 1. The van der Waals surface area contributed by atoms with Crippen LogP contribution in [0, 0.1) is 24.0 Å². The standard InChI is InChI=1S/C11H10N2O3/c1-7-8(2)12-16-11(7)9-3-5-10(6-4-9)13(14)15/h3-6H,1-2H3. The quantitative estimate of drug-likeness (QED) is 0.574. The number of hydrogen-bond donors (Lipinski definition) is 0. The Labute approximate surface area is 91.8 Å². The molecular weight excluding hydrogens is 208 g/mol. The summed E-state index contributed by atoms with van der Waals surface area (Å²) in [5, 5.41) is 14.3. The van der Waals surface area contributed by atoms with Crippen LogP contribution in [-0.2, 0) is 0 Å². The first-order chi connectivity index (χ1) is 7.59. The summed E-state index contributed by atoms with van der Waals surface area (Å²) in [5.74, 6) is 0.660. The van der Waals surface area contributed by atoms with E-state index in [0.717, 1.165) is 16.8 Å². The molecule has 0 aliphatic heterocycles. The second kappa shape index (κ2) is 3.77. The molecule has 0 saturated carbocycles. The van der Waals surface area contributed by atoms with Gasteiger partial charge in [0.2, 0.25) is 0 Å². The first-order valence-electron chi connectivity index (χ1n) is 4.77. The number of benzene rings is 1. The van der Waals surface area contributed by atoms with Crippen molar-refractivity contribution in [3.05, 3.63) is 45.6 Å². The minimum absolute atomic E-state index is 0.0673. The normalized spacial score (nSPS) is 10.4. The predicted octanol–water partition coefficient (Wildman–Crippen LogP) is 2.87. The largest absolute Gasteiger partial charge is 0.356 e. The van der Waals surface area contributed by atoms with Gasteiger partial charge in [0.25, 0.3) is 5.69 Å². The van der Waals surface area contributed by atoms with Crippen LogP contribution in [0.15, 0.2) is 28.8 Å². The molecule has 0 amide bonds. The zero-order valence-corrected chi connectivity index (χ0v) is 8.93. The Morgan fingerprint density at radius 3 is 2.31 bits per heavy atom. The zero-order chi connectivity index (χ0) is 11.7. The van der Waals surface area contributed by atoms with Crippen molar-refractivity contribution in [1.29, 1.82) is 0 Å². The maximum atomic E-state index is 10.5. The third-order valence-electron chi connectivity index (χ3n) is 2.50. The van der Waals surface area contributed by atoms with Crippen LogP contribution in [0.4, 0.5) is 5.69 Å². The van der Waals surface area contributed by atoms with Crippen molar-refractivity contribution < 1.29 is 9.45 Å². The first kappa shape index (κ1) is 10.4. The zero-order valence-electron chi connectivity index (χ0n) is 8.93. The minimum Gasteiger partial charge on any atom is -0.356 e. The highest BCUT2D eigenvalue weighted by atomic mass is 16.6. The number of non-ortho nitro benzene ring substituents is 1. The van der Waals surface area contributed by atoms with Crippen LogP contribution in [0.5, 0.6) is 0 Å². The molecule has 0 bridgehead atoms. The lowest BCUT2D eigenvalue weighted by Gasteiger charge is -1.97. The van der Waals surface area contributed by atoms with Crippen molar-refractivity contribution >= 4 is 5.69 Å². The van der Waals surface area contributed by atoms with Crippen molar-refractivity contribution in [2.24, 2.45) is 0 Å². The van der Waals surface area contributed by atoms with Gasteiger partial charge in [0.15, 0.2) is 5.76 Å². The number of hydrogen-bond acceptors (Lipinski definition) is 4. The van der Waals surface area contributed by atoms with Crippen molar-refractivity contribution in [3.8, 4) is 11.3 Å². The molecule has 2 rings (SSSR count). The van der Waals surface area contributed by atoms with Gasteiger partial charge in [-0.25, -0.2) is 0 Å². The lowest BCUT2D eigenvalue weighted by atomic mass is 10.1. The van der Waals surface area contributed by atoms with Crippen LogP contribution in [0.25, 0.3) is 11.3 Å². The molecule has 0 unspecified atom stereocenters. The van der Waals surface area contributed by atoms with Gasteiger partial charge in [-0.05, 0) is 26.0 Å². The lowest BCUT2D eigenvalue weighted by Crippen LogP contribution is -1.87. The third-order valence-corrected chi connectivity index (χ3v) is 2.50. The van der Waals surface area contributed by atoms with Crippen LogP contribution < -0.4 is 0 Å². The second-order valence-electron chi connectivity index (χ2n) is 3.53. The van der Waals surface area contributed by atoms with Gasteiger partial charge >= 0.3 is 0 Å². The fourth-order valence-corrected chi connectivity index (χ4v) is 1.42. The fraction of sp³-hybridized carbons (Fsp3) is 0.182. The second-order valence-corrected chi connectivity index (χ2v) is 3.53. The average Bonchev–Trinajstić information content (AvgIpc) is 2.60. The number of nitro groups is 1. The summed E-state index contributed by atoms with van der Waals surface area (Å²) in [6.45, 7) is 3.76. The van der Waals surface area contributed by atoms with E-state index in [1.165, 1.54) is 12.1 Å². The summed E-state index contributed by atoms with van der Waals surface area (Å²) in [4.78, 5) is 10.1. The van der Waals surface area contributed by atoms with E-state index in [4.69, 9.17) is 4.52 Å². The van der Waals surface area contributed by atoms with Gasteiger partial charge in [-0.15, -0.1) is 0 Å². The van der Waals surface area contributed by atoms with E-state index in [-0.39, 0.29) is 5.69 Å². The van der Waals surface area contributed by atoms with Crippen LogP contribution in [0.3, 0.4) is 0 Å². The summed E-state index contributed by atoms with van der Waals surface area (Å²) in [6.07, 6.45) is 0. The van der Waals surface area contributed by atoms with Crippen molar-refractivity contribution in [2.75, 3.05) is 0 Å². The molecule has 0 N–H and O–H groups in total. The van der Waals surface area contributed by atoms with Crippen LogP contribution in [0.2, 0.25) is 0 Å². The van der Waals surface area contributed by atoms with E-state index in [1.54, 1.807) is 12.1 Å². The monoisotopic (exact) mass is 218 g/mol. The van der Waals surface area contributed by atoms with Gasteiger partial charge in [-0.3, -0.25) is 10.1 Å². The van der Waals surface area contributed by atoms with E-state index in [9.17, 15) is 10.1 Å². The lowest BCUT2D eigenvalue weighted by molar-refractivity contribution is -0.384. The summed E-state index contributed by atoms with van der Waals surface area (Å²) in [5.41, 5.74) is 2.64. The predicted molar refractivity (Wildman–Crippen MR) is 58.1 cm³/mol. The third kappa shape index (κ3) is 1.67. The van der Waals surface area contributed by atoms with Gasteiger partial charge < -0.3 is 4.52 Å². The molecule has 2 aromatic rings. The molecule has 0 atom stereocenters. The molecule has 5 nitrogen and oxygen atoms in total. The Balaban J connectivity index is 2.42. The van der Waals surface area contributed by atoms with Crippen LogP contribution >= 0.6 is 0 Å². The molecule has 16 heavy (non-hydrogen) atoms. The molecule has 1 aromatic heterocycles. The number of rotatable bonds is 2. The fourth-order valence-electron chi connectivity index (χ4n) is 1.42. The van der Waals surface area contributed by atoms with Gasteiger partial charge in [-0.1, -0.05) is 5.16 Å². The Hall–Kier alpha value is -2.17. The van der Waals surface area contributed by atoms with Crippen molar-refractivity contribution in [1.82, 2.24) is 5.16 Å². The highest BCUT2D eigenvalue weighted by Gasteiger charge is 2.12. The highest BCUT2D eigenvalue weighted by Crippen LogP contribution is 2.26. The Kier molecular flexibility index (Phi) is 2.44. The molecular formula is C11H10N2O3.